The van der Waals surface area contributed by atoms with Gasteiger partial charge in [0, 0.05) is 29.3 Å². The molecule has 0 radical (unpaired) electrons. The van der Waals surface area contributed by atoms with E-state index in [1.165, 1.54) is 0 Å². The third-order valence-corrected chi connectivity index (χ3v) is 5.63. The van der Waals surface area contributed by atoms with Gasteiger partial charge in [0.25, 0.3) is 11.8 Å². The van der Waals surface area contributed by atoms with Crippen LogP contribution in [0.4, 0.5) is 11.4 Å². The number of nitrogens with one attached hydrogen (secondary N) is 1. The molecule has 1 saturated heterocycles. The van der Waals surface area contributed by atoms with Crippen LogP contribution < -0.4 is 10.2 Å². The van der Waals surface area contributed by atoms with E-state index in [0.29, 0.717) is 11.1 Å². The van der Waals surface area contributed by atoms with Gasteiger partial charge in [0.1, 0.15) is 6.17 Å². The van der Waals surface area contributed by atoms with Gasteiger partial charge in [-0.3, -0.25) is 9.59 Å². The van der Waals surface area contributed by atoms with E-state index in [-0.39, 0.29) is 18.0 Å². The van der Waals surface area contributed by atoms with Gasteiger partial charge in [0.05, 0.1) is 11.3 Å². The highest BCUT2D eigenvalue weighted by Crippen LogP contribution is 2.35. The molecule has 1 fully saturated rings. The topological polar surface area (TPSA) is 52.7 Å². The normalized spacial score (nSPS) is 19.0. The highest BCUT2D eigenvalue weighted by Gasteiger charge is 2.37. The minimum absolute atomic E-state index is 0.0711. The summed E-state index contributed by atoms with van der Waals surface area (Å²) in [4.78, 5) is 29.5. The van der Waals surface area contributed by atoms with Gasteiger partial charge in [0.2, 0.25) is 0 Å². The number of piperidine rings is 1. The molecule has 6 heteroatoms. The summed E-state index contributed by atoms with van der Waals surface area (Å²) in [6.45, 7) is 0.804. The molecule has 0 aliphatic carbocycles. The number of anilines is 2. The lowest BCUT2D eigenvalue weighted by molar-refractivity contribution is 0.0589. The predicted molar refractivity (Wildman–Crippen MR) is 106 cm³/mol. The zero-order valence-corrected chi connectivity index (χ0v) is 16.1. The Bertz CT molecular complexity index is 883. The lowest BCUT2D eigenvalue weighted by Crippen LogP contribution is -2.55. The zero-order valence-electron chi connectivity index (χ0n) is 14.5. The van der Waals surface area contributed by atoms with Gasteiger partial charge in [-0.15, -0.1) is 0 Å². The van der Waals surface area contributed by atoms with Crippen LogP contribution in [-0.2, 0) is 0 Å². The van der Waals surface area contributed by atoms with Crippen molar-refractivity contribution in [2.75, 3.05) is 23.8 Å². The standard InChI is InChI=1S/C20H20BrN3O2/c1-23-17-11-13(19(25)22-15-6-4-5-14(21)12-15)8-9-16(17)20(26)24-10-3-2-7-18(23)24/h4-6,8-9,11-12,18H,2-3,7,10H2,1H3,(H,22,25). The number of halogens is 1. The molecule has 26 heavy (non-hydrogen) atoms. The van der Waals surface area contributed by atoms with Crippen LogP contribution in [0, 0.1) is 0 Å². The molecule has 5 nitrogen and oxygen atoms in total. The summed E-state index contributed by atoms with van der Waals surface area (Å²) in [5.41, 5.74) is 2.78. The second-order valence-corrected chi connectivity index (χ2v) is 7.70. The van der Waals surface area contributed by atoms with Crippen molar-refractivity contribution in [1.82, 2.24) is 4.90 Å². The first-order valence-electron chi connectivity index (χ1n) is 8.79. The third kappa shape index (κ3) is 2.98. The number of carbonyl (C=O) groups excluding carboxylic acids is 2. The molecule has 2 aliphatic rings. The molecule has 2 aromatic rings. The van der Waals surface area contributed by atoms with Gasteiger partial charge in [-0.2, -0.15) is 0 Å². The zero-order chi connectivity index (χ0) is 18.3. The minimum atomic E-state index is -0.183. The molecule has 0 saturated carbocycles. The smallest absolute Gasteiger partial charge is 0.257 e. The van der Waals surface area contributed by atoms with Crippen molar-refractivity contribution in [2.24, 2.45) is 0 Å². The van der Waals surface area contributed by atoms with E-state index in [1.54, 1.807) is 12.1 Å². The fraction of sp³-hybridized carbons (Fsp3) is 0.300. The van der Waals surface area contributed by atoms with E-state index in [1.807, 2.05) is 42.3 Å². The Morgan fingerprint density at radius 1 is 1.19 bits per heavy atom. The maximum absolute atomic E-state index is 12.8. The number of hydrogen-bond donors (Lipinski definition) is 1. The van der Waals surface area contributed by atoms with Crippen LogP contribution in [0.25, 0.3) is 0 Å². The number of nitrogens with zero attached hydrogens (tertiary/aromatic N) is 2. The average molecular weight is 414 g/mol. The molecule has 1 atom stereocenters. The van der Waals surface area contributed by atoms with E-state index < -0.39 is 0 Å². The summed E-state index contributed by atoms with van der Waals surface area (Å²) in [6.07, 6.45) is 3.23. The molecule has 2 aliphatic heterocycles. The summed E-state index contributed by atoms with van der Waals surface area (Å²) in [6, 6.07) is 12.8. The van der Waals surface area contributed by atoms with E-state index >= 15 is 0 Å². The summed E-state index contributed by atoms with van der Waals surface area (Å²) < 4.78 is 0.906. The second kappa shape index (κ2) is 6.76. The Morgan fingerprint density at radius 3 is 2.85 bits per heavy atom. The summed E-state index contributed by atoms with van der Waals surface area (Å²) in [5.74, 6) is -0.112. The molecule has 0 bridgehead atoms. The summed E-state index contributed by atoms with van der Waals surface area (Å²) >= 11 is 3.40. The van der Waals surface area contributed by atoms with E-state index in [2.05, 4.69) is 26.1 Å². The molecule has 2 amide bonds. The van der Waals surface area contributed by atoms with Crippen LogP contribution in [-0.4, -0.2) is 36.5 Å². The van der Waals surface area contributed by atoms with Gasteiger partial charge in [-0.1, -0.05) is 22.0 Å². The number of fused-ring (bicyclic) bond motifs is 2. The van der Waals surface area contributed by atoms with Crippen molar-refractivity contribution < 1.29 is 9.59 Å². The van der Waals surface area contributed by atoms with Crippen molar-refractivity contribution in [3.8, 4) is 0 Å². The van der Waals surface area contributed by atoms with Crippen molar-refractivity contribution in [2.45, 2.75) is 25.4 Å². The van der Waals surface area contributed by atoms with Gasteiger partial charge in [-0.25, -0.2) is 0 Å². The Morgan fingerprint density at radius 2 is 2.04 bits per heavy atom. The van der Waals surface area contributed by atoms with E-state index in [9.17, 15) is 9.59 Å². The SMILES string of the molecule is CN1c2cc(C(=O)Nc3cccc(Br)c3)ccc2C(=O)N2CCCCC21. The Balaban J connectivity index is 1.63. The van der Waals surface area contributed by atoms with Gasteiger partial charge in [0.15, 0.2) is 0 Å². The number of rotatable bonds is 2. The second-order valence-electron chi connectivity index (χ2n) is 6.78. The molecular formula is C20H20BrN3O2. The fourth-order valence-electron chi connectivity index (χ4n) is 3.78. The Kier molecular flexibility index (Phi) is 4.44. The van der Waals surface area contributed by atoms with Crippen molar-refractivity contribution >= 4 is 39.1 Å². The molecule has 1 unspecified atom stereocenters. The molecule has 2 aromatic carbocycles. The van der Waals surface area contributed by atoms with Gasteiger partial charge < -0.3 is 15.1 Å². The quantitative estimate of drug-likeness (QED) is 0.805. The lowest BCUT2D eigenvalue weighted by Gasteiger charge is -2.46. The highest BCUT2D eigenvalue weighted by molar-refractivity contribution is 9.10. The van der Waals surface area contributed by atoms with Crippen LogP contribution in [0.5, 0.6) is 0 Å². The first-order valence-corrected chi connectivity index (χ1v) is 9.58. The number of amides is 2. The van der Waals surface area contributed by atoms with Crippen LogP contribution in [0.15, 0.2) is 46.9 Å². The predicted octanol–water partition coefficient (Wildman–Crippen LogP) is 4.10. The molecule has 4 rings (SSSR count). The van der Waals surface area contributed by atoms with E-state index in [4.69, 9.17) is 0 Å². The lowest BCUT2D eigenvalue weighted by atomic mass is 9.97. The third-order valence-electron chi connectivity index (χ3n) is 5.13. The molecule has 1 N–H and O–H groups in total. The number of hydrogen-bond acceptors (Lipinski definition) is 3. The molecule has 134 valence electrons. The minimum Gasteiger partial charge on any atom is -0.354 e. The van der Waals surface area contributed by atoms with Gasteiger partial charge in [-0.05, 0) is 55.7 Å². The monoisotopic (exact) mass is 413 g/mol. The summed E-state index contributed by atoms with van der Waals surface area (Å²) in [5, 5.41) is 2.91. The van der Waals surface area contributed by atoms with Crippen LogP contribution in [0.3, 0.4) is 0 Å². The van der Waals surface area contributed by atoms with Gasteiger partial charge >= 0.3 is 0 Å². The molecular weight excluding hydrogens is 394 g/mol. The molecule has 0 aromatic heterocycles. The summed E-state index contributed by atoms with van der Waals surface area (Å²) in [7, 11) is 2.00. The maximum Gasteiger partial charge on any atom is 0.257 e. The first kappa shape index (κ1) is 17.1. The molecule has 0 spiro atoms. The average Bonchev–Trinajstić information content (AvgIpc) is 2.65. The number of carbonyl (C=O) groups is 2. The fourth-order valence-corrected chi connectivity index (χ4v) is 4.18. The highest BCUT2D eigenvalue weighted by atomic mass is 79.9. The van der Waals surface area contributed by atoms with Crippen LogP contribution in [0.1, 0.15) is 40.0 Å². The Hall–Kier alpha value is -2.34. The van der Waals surface area contributed by atoms with Crippen molar-refractivity contribution in [3.63, 3.8) is 0 Å². The number of benzene rings is 2. The largest absolute Gasteiger partial charge is 0.354 e. The maximum atomic E-state index is 12.8. The first-order chi connectivity index (χ1) is 12.5. The van der Waals surface area contributed by atoms with Crippen LogP contribution in [0.2, 0.25) is 0 Å². The van der Waals surface area contributed by atoms with Crippen molar-refractivity contribution in [1.29, 1.82) is 0 Å². The van der Waals surface area contributed by atoms with Crippen molar-refractivity contribution in [3.05, 3.63) is 58.1 Å². The van der Waals surface area contributed by atoms with E-state index in [0.717, 1.165) is 41.7 Å². The van der Waals surface area contributed by atoms with Crippen LogP contribution >= 0.6 is 15.9 Å². The molecule has 2 heterocycles. The Labute approximate surface area is 161 Å².